The predicted octanol–water partition coefficient (Wildman–Crippen LogP) is 1.54. The van der Waals surface area contributed by atoms with Gasteiger partial charge >= 0.3 is 5.97 Å². The Kier molecular flexibility index (Phi) is 4.56. The first-order chi connectivity index (χ1) is 7.67. The molecule has 0 fully saturated rings. The first-order valence-corrected chi connectivity index (χ1v) is 4.96. The maximum absolute atomic E-state index is 11.3. The fourth-order valence-corrected chi connectivity index (χ4v) is 1.44. The molecule has 0 saturated heterocycles. The topological polar surface area (TPSA) is 29.5 Å². The first kappa shape index (κ1) is 12.3. The monoisotopic (exact) mass is 217 g/mol. The van der Waals surface area contributed by atoms with Crippen molar-refractivity contribution in [1.82, 2.24) is 4.90 Å². The van der Waals surface area contributed by atoms with Crippen molar-refractivity contribution in [2.24, 2.45) is 0 Å². The number of hydrogen-bond acceptors (Lipinski definition) is 3. The van der Waals surface area contributed by atoms with Crippen molar-refractivity contribution < 1.29 is 9.53 Å². The summed E-state index contributed by atoms with van der Waals surface area (Å²) in [4.78, 5) is 13.3. The molecule has 0 bridgehead atoms. The summed E-state index contributed by atoms with van der Waals surface area (Å²) in [5.74, 6) is 2.25. The minimum Gasteiger partial charge on any atom is -0.465 e. The number of ether oxygens (including phenoxy) is 1. The van der Waals surface area contributed by atoms with Crippen molar-refractivity contribution in [2.45, 2.75) is 6.54 Å². The zero-order valence-electron chi connectivity index (χ0n) is 9.56. The molecule has 3 heteroatoms. The van der Waals surface area contributed by atoms with Gasteiger partial charge in [-0.15, -0.1) is 6.42 Å². The number of rotatable bonds is 4. The molecule has 3 nitrogen and oxygen atoms in total. The van der Waals surface area contributed by atoms with Gasteiger partial charge in [0.1, 0.15) is 0 Å². The molecule has 0 saturated carbocycles. The smallest absolute Gasteiger partial charge is 0.337 e. The van der Waals surface area contributed by atoms with Crippen LogP contribution >= 0.6 is 0 Å². The number of hydrogen-bond donors (Lipinski definition) is 0. The van der Waals surface area contributed by atoms with Crippen molar-refractivity contribution in [3.8, 4) is 12.3 Å². The molecule has 0 aliphatic carbocycles. The van der Waals surface area contributed by atoms with Gasteiger partial charge in [-0.2, -0.15) is 0 Å². The van der Waals surface area contributed by atoms with E-state index in [0.717, 1.165) is 12.1 Å². The molecule has 0 aromatic heterocycles. The Balaban J connectivity index is 2.75. The summed E-state index contributed by atoms with van der Waals surface area (Å²) in [5, 5.41) is 0. The van der Waals surface area contributed by atoms with Gasteiger partial charge in [-0.1, -0.05) is 18.1 Å². The average molecular weight is 217 g/mol. The van der Waals surface area contributed by atoms with Gasteiger partial charge in [0.05, 0.1) is 19.2 Å². The summed E-state index contributed by atoms with van der Waals surface area (Å²) >= 11 is 0. The second-order valence-electron chi connectivity index (χ2n) is 3.57. The zero-order valence-corrected chi connectivity index (χ0v) is 9.56. The Morgan fingerprint density at radius 1 is 1.56 bits per heavy atom. The van der Waals surface area contributed by atoms with Gasteiger partial charge in [-0.25, -0.2) is 4.79 Å². The van der Waals surface area contributed by atoms with Gasteiger partial charge < -0.3 is 4.74 Å². The molecule has 0 atom stereocenters. The molecule has 1 aromatic carbocycles. The third-order valence-electron chi connectivity index (χ3n) is 2.16. The minimum atomic E-state index is -0.318. The normalized spacial score (nSPS) is 9.88. The zero-order chi connectivity index (χ0) is 12.0. The van der Waals surface area contributed by atoms with Crippen LogP contribution in [0.5, 0.6) is 0 Å². The molecule has 84 valence electrons. The molecular formula is C13H15NO2. The maximum atomic E-state index is 11.3. The van der Waals surface area contributed by atoms with Gasteiger partial charge in [0.15, 0.2) is 0 Å². The number of esters is 1. The lowest BCUT2D eigenvalue weighted by Crippen LogP contribution is -2.18. The van der Waals surface area contributed by atoms with Crippen LogP contribution in [-0.2, 0) is 11.3 Å². The van der Waals surface area contributed by atoms with Gasteiger partial charge in [-0.3, -0.25) is 4.90 Å². The van der Waals surface area contributed by atoms with Crippen LogP contribution in [0.4, 0.5) is 0 Å². The fraction of sp³-hybridized carbons (Fsp3) is 0.308. The molecule has 0 aliphatic heterocycles. The summed E-state index contributed by atoms with van der Waals surface area (Å²) in [6, 6.07) is 7.35. The van der Waals surface area contributed by atoms with Crippen molar-refractivity contribution in [2.75, 3.05) is 20.7 Å². The summed E-state index contributed by atoms with van der Waals surface area (Å²) in [5.41, 5.74) is 1.61. The van der Waals surface area contributed by atoms with Crippen LogP contribution in [0.1, 0.15) is 15.9 Å². The van der Waals surface area contributed by atoms with Crippen LogP contribution in [0.2, 0.25) is 0 Å². The van der Waals surface area contributed by atoms with Gasteiger partial charge in [0, 0.05) is 6.54 Å². The molecule has 0 unspecified atom stereocenters. The highest BCUT2D eigenvalue weighted by molar-refractivity contribution is 5.89. The van der Waals surface area contributed by atoms with Crippen molar-refractivity contribution >= 4 is 5.97 Å². The number of carbonyl (C=O) groups is 1. The Bertz CT molecular complexity index is 407. The van der Waals surface area contributed by atoms with E-state index in [1.165, 1.54) is 7.11 Å². The highest BCUT2D eigenvalue weighted by Crippen LogP contribution is 2.08. The molecule has 0 N–H and O–H groups in total. The predicted molar refractivity (Wildman–Crippen MR) is 62.9 cm³/mol. The minimum absolute atomic E-state index is 0.318. The van der Waals surface area contributed by atoms with Crippen LogP contribution in [0, 0.1) is 12.3 Å². The van der Waals surface area contributed by atoms with E-state index in [1.807, 2.05) is 30.1 Å². The molecular weight excluding hydrogens is 202 g/mol. The maximum Gasteiger partial charge on any atom is 0.337 e. The molecule has 0 aliphatic rings. The number of carbonyl (C=O) groups excluding carboxylic acids is 1. The third-order valence-corrected chi connectivity index (χ3v) is 2.16. The standard InChI is InChI=1S/C13H15NO2/c1-4-8-14(2)10-11-6-5-7-12(9-11)13(15)16-3/h1,5-7,9H,8,10H2,2-3H3. The molecule has 0 heterocycles. The third kappa shape index (κ3) is 3.41. The van der Waals surface area contributed by atoms with Crippen LogP contribution in [-0.4, -0.2) is 31.6 Å². The first-order valence-electron chi connectivity index (χ1n) is 4.96. The summed E-state index contributed by atoms with van der Waals surface area (Å²) in [6.45, 7) is 1.30. The molecule has 1 aromatic rings. The largest absolute Gasteiger partial charge is 0.465 e. The van der Waals surface area contributed by atoms with Crippen LogP contribution in [0.3, 0.4) is 0 Å². The lowest BCUT2D eigenvalue weighted by atomic mass is 10.1. The number of methoxy groups -OCH3 is 1. The number of nitrogens with zero attached hydrogens (tertiary/aromatic N) is 1. The number of benzene rings is 1. The summed E-state index contributed by atoms with van der Waals surface area (Å²) in [7, 11) is 3.31. The highest BCUT2D eigenvalue weighted by Gasteiger charge is 2.06. The van der Waals surface area contributed by atoms with E-state index in [4.69, 9.17) is 6.42 Å². The Morgan fingerprint density at radius 2 is 2.31 bits per heavy atom. The molecule has 0 amide bonds. The summed E-state index contributed by atoms with van der Waals surface area (Å²) < 4.78 is 4.66. The van der Waals surface area contributed by atoms with Crippen LogP contribution in [0.15, 0.2) is 24.3 Å². The summed E-state index contributed by atoms with van der Waals surface area (Å²) in [6.07, 6.45) is 5.22. The number of terminal acetylenes is 1. The van der Waals surface area contributed by atoms with Gasteiger partial charge in [0.25, 0.3) is 0 Å². The Hall–Kier alpha value is -1.79. The molecule has 0 spiro atoms. The second kappa shape index (κ2) is 5.94. The lowest BCUT2D eigenvalue weighted by Gasteiger charge is -2.13. The molecule has 0 radical (unpaired) electrons. The van der Waals surface area contributed by atoms with E-state index in [0.29, 0.717) is 12.1 Å². The van der Waals surface area contributed by atoms with Crippen LogP contribution < -0.4 is 0 Å². The second-order valence-corrected chi connectivity index (χ2v) is 3.57. The fourth-order valence-electron chi connectivity index (χ4n) is 1.44. The van der Waals surface area contributed by atoms with Crippen molar-refractivity contribution in [3.63, 3.8) is 0 Å². The highest BCUT2D eigenvalue weighted by atomic mass is 16.5. The SMILES string of the molecule is C#CCN(C)Cc1cccc(C(=O)OC)c1. The van der Waals surface area contributed by atoms with Gasteiger partial charge in [-0.05, 0) is 24.7 Å². The lowest BCUT2D eigenvalue weighted by molar-refractivity contribution is 0.0600. The van der Waals surface area contributed by atoms with E-state index < -0.39 is 0 Å². The van der Waals surface area contributed by atoms with Crippen molar-refractivity contribution in [3.05, 3.63) is 35.4 Å². The van der Waals surface area contributed by atoms with Crippen LogP contribution in [0.25, 0.3) is 0 Å². The van der Waals surface area contributed by atoms with Gasteiger partial charge in [0.2, 0.25) is 0 Å². The van der Waals surface area contributed by atoms with Crippen molar-refractivity contribution in [1.29, 1.82) is 0 Å². The van der Waals surface area contributed by atoms with E-state index in [-0.39, 0.29) is 5.97 Å². The van der Waals surface area contributed by atoms with E-state index in [2.05, 4.69) is 10.7 Å². The Labute approximate surface area is 96.0 Å². The van der Waals surface area contributed by atoms with E-state index in [1.54, 1.807) is 6.07 Å². The van der Waals surface area contributed by atoms with E-state index in [9.17, 15) is 4.79 Å². The average Bonchev–Trinajstić information content (AvgIpc) is 2.28. The quantitative estimate of drug-likeness (QED) is 0.566. The molecule has 1 rings (SSSR count). The molecule has 16 heavy (non-hydrogen) atoms. The van der Waals surface area contributed by atoms with E-state index >= 15 is 0 Å². The Morgan fingerprint density at radius 3 is 2.94 bits per heavy atom.